The third kappa shape index (κ3) is 3.16. The molecule has 0 aliphatic heterocycles. The topological polar surface area (TPSA) is 60.9 Å². The number of halogens is 1. The van der Waals surface area contributed by atoms with Crippen molar-refractivity contribution < 1.29 is 4.42 Å². The molecule has 28 heavy (non-hydrogen) atoms. The van der Waals surface area contributed by atoms with Gasteiger partial charge < -0.3 is 4.42 Å². The zero-order chi connectivity index (χ0) is 19.1. The van der Waals surface area contributed by atoms with Gasteiger partial charge in [0.2, 0.25) is 5.89 Å². The van der Waals surface area contributed by atoms with E-state index in [1.165, 1.54) is 23.3 Å². The summed E-state index contributed by atoms with van der Waals surface area (Å²) in [7, 11) is 0. The third-order valence-corrected chi connectivity index (χ3v) is 6.58. The van der Waals surface area contributed by atoms with E-state index in [0.29, 0.717) is 23.2 Å². The maximum atomic E-state index is 13.2. The average Bonchev–Trinajstić information content (AvgIpc) is 3.23. The van der Waals surface area contributed by atoms with E-state index >= 15 is 0 Å². The molecule has 4 aromatic rings. The molecule has 0 saturated carbocycles. The predicted molar refractivity (Wildman–Crippen MR) is 111 cm³/mol. The summed E-state index contributed by atoms with van der Waals surface area (Å²) in [6.45, 7) is 0.330. The molecule has 7 heteroatoms. The van der Waals surface area contributed by atoms with Crippen molar-refractivity contribution in [3.63, 3.8) is 0 Å². The fourth-order valence-electron chi connectivity index (χ4n) is 3.78. The number of nitrogens with zero attached hydrogens (tertiary/aromatic N) is 3. The molecule has 0 unspecified atom stereocenters. The van der Waals surface area contributed by atoms with Crippen LogP contribution in [0.5, 0.6) is 0 Å². The zero-order valence-electron chi connectivity index (χ0n) is 15.2. The Morgan fingerprint density at radius 3 is 3.00 bits per heavy atom. The van der Waals surface area contributed by atoms with Crippen LogP contribution in [-0.4, -0.2) is 14.5 Å². The summed E-state index contributed by atoms with van der Waals surface area (Å²) in [6, 6.07) is 7.35. The Bertz CT molecular complexity index is 1220. The lowest BCUT2D eigenvalue weighted by Crippen LogP contribution is -2.21. The zero-order valence-corrected chi connectivity index (χ0v) is 16.7. The number of thiophene rings is 1. The monoisotopic (exact) mass is 411 g/mol. The lowest BCUT2D eigenvalue weighted by molar-refractivity contribution is 0.571. The summed E-state index contributed by atoms with van der Waals surface area (Å²) in [4.78, 5) is 24.4. The lowest BCUT2D eigenvalue weighted by Gasteiger charge is -2.04. The van der Waals surface area contributed by atoms with Crippen LogP contribution in [-0.2, 0) is 19.4 Å². The molecule has 3 heterocycles. The second kappa shape index (κ2) is 7.18. The van der Waals surface area contributed by atoms with Crippen molar-refractivity contribution in [3.8, 4) is 11.5 Å². The van der Waals surface area contributed by atoms with Crippen LogP contribution in [0.15, 0.2) is 46.1 Å². The summed E-state index contributed by atoms with van der Waals surface area (Å²) in [5.74, 6) is 0.490. The van der Waals surface area contributed by atoms with Crippen LogP contribution in [0, 0.1) is 0 Å². The molecule has 0 fully saturated rings. The Hall–Kier alpha value is -2.44. The number of aryl methyl sites for hydroxylation is 2. The number of hydrogen-bond acceptors (Lipinski definition) is 5. The fraction of sp³-hybridized carbons (Fsp3) is 0.286. The summed E-state index contributed by atoms with van der Waals surface area (Å²) < 4.78 is 7.22. The van der Waals surface area contributed by atoms with Crippen molar-refractivity contribution in [3.05, 3.63) is 68.4 Å². The van der Waals surface area contributed by atoms with E-state index < -0.39 is 0 Å². The molecule has 5 nitrogen and oxygen atoms in total. The van der Waals surface area contributed by atoms with Crippen molar-refractivity contribution in [1.82, 2.24) is 14.5 Å². The second-order valence-electron chi connectivity index (χ2n) is 7.08. The highest BCUT2D eigenvalue weighted by molar-refractivity contribution is 7.18. The van der Waals surface area contributed by atoms with Gasteiger partial charge in [0, 0.05) is 15.5 Å². The van der Waals surface area contributed by atoms with E-state index in [4.69, 9.17) is 16.0 Å². The standard InChI is InChI=1S/C21H18ClN3O2S/c22-14-6-4-5-13(9-14)19-24-15(11-27-19)10-25-12-23-20-18(21(25)26)16-7-2-1-3-8-17(16)28-20/h4-6,9,11-12H,1-3,7-8,10H2. The molecular formula is C21H18ClN3O2S. The Morgan fingerprint density at radius 1 is 1.21 bits per heavy atom. The molecular weight excluding hydrogens is 394 g/mol. The van der Waals surface area contributed by atoms with Gasteiger partial charge in [0.25, 0.3) is 5.56 Å². The quantitative estimate of drug-likeness (QED) is 0.441. The highest BCUT2D eigenvalue weighted by Gasteiger charge is 2.19. The van der Waals surface area contributed by atoms with Crippen LogP contribution in [0.1, 0.15) is 35.4 Å². The minimum atomic E-state index is 0.0108. The molecule has 142 valence electrons. The van der Waals surface area contributed by atoms with Gasteiger partial charge in [0.1, 0.15) is 11.1 Å². The summed E-state index contributed by atoms with van der Waals surface area (Å²) in [5, 5.41) is 1.42. The van der Waals surface area contributed by atoms with Crippen LogP contribution >= 0.6 is 22.9 Å². The van der Waals surface area contributed by atoms with Gasteiger partial charge in [-0.2, -0.15) is 0 Å². The first-order valence-corrected chi connectivity index (χ1v) is 10.6. The molecule has 1 aromatic carbocycles. The van der Waals surface area contributed by atoms with E-state index in [2.05, 4.69) is 9.97 Å². The highest BCUT2D eigenvalue weighted by atomic mass is 35.5. The van der Waals surface area contributed by atoms with Gasteiger partial charge in [-0.25, -0.2) is 9.97 Å². The molecule has 0 atom stereocenters. The van der Waals surface area contributed by atoms with Gasteiger partial charge in [0.15, 0.2) is 0 Å². The molecule has 0 radical (unpaired) electrons. The lowest BCUT2D eigenvalue weighted by atomic mass is 10.1. The number of hydrogen-bond donors (Lipinski definition) is 0. The van der Waals surface area contributed by atoms with Gasteiger partial charge in [-0.05, 0) is 49.4 Å². The van der Waals surface area contributed by atoms with E-state index in [1.54, 1.807) is 40.6 Å². The number of aromatic nitrogens is 3. The van der Waals surface area contributed by atoms with Crippen molar-refractivity contribution in [1.29, 1.82) is 0 Å². The van der Waals surface area contributed by atoms with E-state index in [-0.39, 0.29) is 5.56 Å². The maximum absolute atomic E-state index is 13.2. The molecule has 0 bridgehead atoms. The van der Waals surface area contributed by atoms with E-state index in [1.807, 2.05) is 12.1 Å². The maximum Gasteiger partial charge on any atom is 0.262 e. The van der Waals surface area contributed by atoms with E-state index in [9.17, 15) is 4.79 Å². The second-order valence-corrected chi connectivity index (χ2v) is 8.60. The Balaban J connectivity index is 1.50. The first-order chi connectivity index (χ1) is 13.7. The molecule has 1 aliphatic rings. The van der Waals surface area contributed by atoms with Crippen molar-refractivity contribution in [2.45, 2.75) is 38.6 Å². The van der Waals surface area contributed by atoms with Crippen LogP contribution in [0.25, 0.3) is 21.7 Å². The van der Waals surface area contributed by atoms with Gasteiger partial charge in [-0.1, -0.05) is 24.1 Å². The van der Waals surface area contributed by atoms with Crippen LogP contribution in [0.3, 0.4) is 0 Å². The largest absolute Gasteiger partial charge is 0.444 e. The minimum absolute atomic E-state index is 0.0108. The number of oxazole rings is 1. The molecule has 3 aromatic heterocycles. The summed E-state index contributed by atoms with van der Waals surface area (Å²) in [6.07, 6.45) is 8.79. The molecule has 0 spiro atoms. The average molecular weight is 412 g/mol. The van der Waals surface area contributed by atoms with Crippen molar-refractivity contribution in [2.75, 3.05) is 0 Å². The van der Waals surface area contributed by atoms with Crippen LogP contribution in [0.2, 0.25) is 5.02 Å². The molecule has 0 amide bonds. The normalized spacial score (nSPS) is 14.2. The first kappa shape index (κ1) is 17.6. The first-order valence-electron chi connectivity index (χ1n) is 9.39. The number of benzene rings is 1. The molecule has 1 aliphatic carbocycles. The fourth-order valence-corrected chi connectivity index (χ4v) is 5.19. The molecule has 0 N–H and O–H groups in total. The summed E-state index contributed by atoms with van der Waals surface area (Å²) in [5.41, 5.74) is 2.71. The predicted octanol–water partition coefficient (Wildman–Crippen LogP) is 5.08. The van der Waals surface area contributed by atoms with Gasteiger partial charge in [-0.15, -0.1) is 11.3 Å². The van der Waals surface area contributed by atoms with Gasteiger partial charge in [-0.3, -0.25) is 9.36 Å². The van der Waals surface area contributed by atoms with Crippen molar-refractivity contribution >= 4 is 33.2 Å². The van der Waals surface area contributed by atoms with Gasteiger partial charge in [0.05, 0.1) is 24.0 Å². The minimum Gasteiger partial charge on any atom is -0.444 e. The van der Waals surface area contributed by atoms with E-state index in [0.717, 1.165) is 35.0 Å². The number of fused-ring (bicyclic) bond motifs is 3. The van der Waals surface area contributed by atoms with Crippen LogP contribution in [0.4, 0.5) is 0 Å². The SMILES string of the molecule is O=c1c2c3c(sc2ncn1Cc1coc(-c2cccc(Cl)c2)n1)CCCCC3. The Morgan fingerprint density at radius 2 is 2.11 bits per heavy atom. The highest BCUT2D eigenvalue weighted by Crippen LogP contribution is 2.32. The van der Waals surface area contributed by atoms with Gasteiger partial charge >= 0.3 is 0 Å². The molecule has 0 saturated heterocycles. The third-order valence-electron chi connectivity index (χ3n) is 5.15. The number of rotatable bonds is 3. The Kier molecular flexibility index (Phi) is 4.53. The van der Waals surface area contributed by atoms with Crippen molar-refractivity contribution in [2.24, 2.45) is 0 Å². The Labute approximate surface area is 170 Å². The smallest absolute Gasteiger partial charge is 0.262 e. The van der Waals surface area contributed by atoms with Crippen LogP contribution < -0.4 is 5.56 Å². The molecule has 5 rings (SSSR count). The summed E-state index contributed by atoms with van der Waals surface area (Å²) >= 11 is 7.72.